The first-order valence-electron chi connectivity index (χ1n) is 6.12. The predicted molar refractivity (Wildman–Crippen MR) is 81.1 cm³/mol. The molecule has 8 heteroatoms. The first-order valence-corrected chi connectivity index (χ1v) is 6.91. The number of aryl methyl sites for hydroxylation is 1. The summed E-state index contributed by atoms with van der Waals surface area (Å²) in [5.41, 5.74) is 1.27. The SMILES string of the molecule is Cc1nn(CC(=O)Nc2ccc(Br)cc2)c(C)c1[N+](=O)[O-]. The van der Waals surface area contributed by atoms with Crippen molar-refractivity contribution in [2.75, 3.05) is 5.32 Å². The van der Waals surface area contributed by atoms with Gasteiger partial charge in [-0.2, -0.15) is 5.10 Å². The van der Waals surface area contributed by atoms with Gasteiger partial charge in [0.05, 0.1) is 4.92 Å². The lowest BCUT2D eigenvalue weighted by Gasteiger charge is -2.06. The summed E-state index contributed by atoms with van der Waals surface area (Å²) in [7, 11) is 0. The molecule has 21 heavy (non-hydrogen) atoms. The first kappa shape index (κ1) is 15.2. The summed E-state index contributed by atoms with van der Waals surface area (Å²) in [6.45, 7) is 3.05. The normalized spacial score (nSPS) is 10.4. The molecule has 1 heterocycles. The largest absolute Gasteiger partial charge is 0.324 e. The summed E-state index contributed by atoms with van der Waals surface area (Å²) in [4.78, 5) is 22.4. The minimum absolute atomic E-state index is 0.0496. The molecule has 0 radical (unpaired) electrons. The molecular formula is C13H13BrN4O3. The van der Waals surface area contributed by atoms with E-state index in [9.17, 15) is 14.9 Å². The molecule has 1 aromatic carbocycles. The van der Waals surface area contributed by atoms with Crippen molar-refractivity contribution in [3.63, 3.8) is 0 Å². The van der Waals surface area contributed by atoms with Crippen LogP contribution < -0.4 is 5.32 Å². The minimum Gasteiger partial charge on any atom is -0.324 e. The van der Waals surface area contributed by atoms with Gasteiger partial charge in [-0.05, 0) is 38.1 Å². The number of carbonyl (C=O) groups excluding carboxylic acids is 1. The third-order valence-corrected chi connectivity index (χ3v) is 3.48. The molecule has 0 spiro atoms. The van der Waals surface area contributed by atoms with E-state index in [0.717, 1.165) is 4.47 Å². The third-order valence-electron chi connectivity index (χ3n) is 2.95. The fraction of sp³-hybridized carbons (Fsp3) is 0.231. The smallest absolute Gasteiger partial charge is 0.312 e. The molecule has 0 aliphatic heterocycles. The summed E-state index contributed by atoms with van der Waals surface area (Å²) < 4.78 is 2.25. The fourth-order valence-corrected chi connectivity index (χ4v) is 2.24. The molecule has 0 atom stereocenters. The molecule has 0 aliphatic rings. The summed E-state index contributed by atoms with van der Waals surface area (Å²) >= 11 is 3.31. The Kier molecular flexibility index (Phi) is 4.37. The van der Waals surface area contributed by atoms with Crippen molar-refractivity contribution >= 4 is 33.2 Å². The van der Waals surface area contributed by atoms with Crippen LogP contribution in [-0.4, -0.2) is 20.6 Å². The monoisotopic (exact) mass is 352 g/mol. The molecule has 1 N–H and O–H groups in total. The van der Waals surface area contributed by atoms with E-state index in [0.29, 0.717) is 17.1 Å². The van der Waals surface area contributed by atoms with E-state index in [-0.39, 0.29) is 18.1 Å². The lowest BCUT2D eigenvalue weighted by atomic mass is 10.3. The Hall–Kier alpha value is -2.22. The standard InChI is InChI=1S/C13H13BrN4O3/c1-8-13(18(20)21)9(2)17(16-8)7-12(19)15-11-5-3-10(14)4-6-11/h3-6H,7H2,1-2H3,(H,15,19). The highest BCUT2D eigenvalue weighted by atomic mass is 79.9. The van der Waals surface area contributed by atoms with Gasteiger partial charge >= 0.3 is 5.69 Å². The van der Waals surface area contributed by atoms with Crippen LogP contribution in [0.4, 0.5) is 11.4 Å². The highest BCUT2D eigenvalue weighted by Gasteiger charge is 2.22. The molecule has 0 fully saturated rings. The van der Waals surface area contributed by atoms with Crippen LogP contribution in [0.2, 0.25) is 0 Å². The van der Waals surface area contributed by atoms with Gasteiger partial charge in [0.1, 0.15) is 17.9 Å². The fourth-order valence-electron chi connectivity index (χ4n) is 1.98. The lowest BCUT2D eigenvalue weighted by molar-refractivity contribution is -0.386. The third kappa shape index (κ3) is 3.46. The van der Waals surface area contributed by atoms with Crippen LogP contribution >= 0.6 is 15.9 Å². The number of amides is 1. The van der Waals surface area contributed by atoms with Gasteiger partial charge in [-0.3, -0.25) is 19.6 Å². The molecule has 1 aromatic heterocycles. The summed E-state index contributed by atoms with van der Waals surface area (Å²) in [5.74, 6) is -0.294. The van der Waals surface area contributed by atoms with Crippen molar-refractivity contribution in [3.05, 3.63) is 50.2 Å². The van der Waals surface area contributed by atoms with Gasteiger partial charge in [-0.15, -0.1) is 0 Å². The second-order valence-electron chi connectivity index (χ2n) is 4.49. The zero-order chi connectivity index (χ0) is 15.6. The van der Waals surface area contributed by atoms with E-state index in [1.54, 1.807) is 26.0 Å². The highest BCUT2D eigenvalue weighted by molar-refractivity contribution is 9.10. The number of aromatic nitrogens is 2. The van der Waals surface area contributed by atoms with Gasteiger partial charge in [-0.1, -0.05) is 15.9 Å². The van der Waals surface area contributed by atoms with Crippen LogP contribution in [-0.2, 0) is 11.3 Å². The van der Waals surface area contributed by atoms with E-state index in [2.05, 4.69) is 26.3 Å². The van der Waals surface area contributed by atoms with E-state index < -0.39 is 4.92 Å². The average Bonchev–Trinajstić information content (AvgIpc) is 2.67. The van der Waals surface area contributed by atoms with Gasteiger partial charge < -0.3 is 5.32 Å². The number of hydrogen-bond acceptors (Lipinski definition) is 4. The topological polar surface area (TPSA) is 90.1 Å². The molecule has 0 unspecified atom stereocenters. The van der Waals surface area contributed by atoms with E-state index in [4.69, 9.17) is 0 Å². The predicted octanol–water partition coefficient (Wildman–Crippen LogP) is 2.81. The maximum absolute atomic E-state index is 12.0. The molecule has 110 valence electrons. The molecular weight excluding hydrogens is 340 g/mol. The van der Waals surface area contributed by atoms with Crippen LogP contribution in [0.25, 0.3) is 0 Å². The van der Waals surface area contributed by atoms with Gasteiger partial charge in [0.15, 0.2) is 0 Å². The van der Waals surface area contributed by atoms with Gasteiger partial charge in [0.25, 0.3) is 0 Å². The Morgan fingerprint density at radius 3 is 2.52 bits per heavy atom. The van der Waals surface area contributed by atoms with Crippen molar-refractivity contribution in [3.8, 4) is 0 Å². The van der Waals surface area contributed by atoms with Crippen molar-refractivity contribution in [1.82, 2.24) is 9.78 Å². The number of nitro groups is 1. The number of benzene rings is 1. The van der Waals surface area contributed by atoms with E-state index in [1.165, 1.54) is 4.68 Å². The number of carbonyl (C=O) groups is 1. The van der Waals surface area contributed by atoms with Crippen molar-refractivity contribution in [2.24, 2.45) is 0 Å². The number of halogens is 1. The molecule has 0 saturated carbocycles. The van der Waals surface area contributed by atoms with Gasteiger partial charge in [-0.25, -0.2) is 0 Å². The Bertz CT molecular complexity index is 694. The zero-order valence-corrected chi connectivity index (χ0v) is 13.0. The van der Waals surface area contributed by atoms with E-state index in [1.807, 2.05) is 12.1 Å². The number of nitrogens with one attached hydrogen (secondary N) is 1. The van der Waals surface area contributed by atoms with Crippen LogP contribution in [0.3, 0.4) is 0 Å². The maximum atomic E-state index is 12.0. The minimum atomic E-state index is -0.485. The summed E-state index contributed by atoms with van der Waals surface area (Å²) in [5, 5.41) is 17.7. The Labute approximate surface area is 129 Å². The molecule has 1 amide bonds. The Morgan fingerprint density at radius 1 is 1.38 bits per heavy atom. The second kappa shape index (κ2) is 6.04. The lowest BCUT2D eigenvalue weighted by Crippen LogP contribution is -2.20. The quantitative estimate of drug-likeness (QED) is 0.676. The number of nitrogens with zero attached hydrogens (tertiary/aromatic N) is 3. The Balaban J connectivity index is 2.11. The number of hydrogen-bond donors (Lipinski definition) is 1. The van der Waals surface area contributed by atoms with Crippen molar-refractivity contribution in [1.29, 1.82) is 0 Å². The second-order valence-corrected chi connectivity index (χ2v) is 5.40. The Morgan fingerprint density at radius 2 is 2.00 bits per heavy atom. The van der Waals surface area contributed by atoms with Crippen molar-refractivity contribution < 1.29 is 9.72 Å². The van der Waals surface area contributed by atoms with E-state index >= 15 is 0 Å². The summed E-state index contributed by atoms with van der Waals surface area (Å²) in [6.07, 6.45) is 0. The number of anilines is 1. The van der Waals surface area contributed by atoms with Gasteiger partial charge in [0.2, 0.25) is 5.91 Å². The van der Waals surface area contributed by atoms with Crippen molar-refractivity contribution in [2.45, 2.75) is 20.4 Å². The van der Waals surface area contributed by atoms with Crippen LogP contribution in [0.5, 0.6) is 0 Å². The molecule has 0 bridgehead atoms. The number of rotatable bonds is 4. The molecule has 0 saturated heterocycles. The molecule has 0 aliphatic carbocycles. The van der Waals surface area contributed by atoms with Gasteiger partial charge in [0, 0.05) is 10.2 Å². The first-order chi connectivity index (χ1) is 9.88. The molecule has 2 rings (SSSR count). The van der Waals surface area contributed by atoms with Crippen LogP contribution in [0.1, 0.15) is 11.4 Å². The highest BCUT2D eigenvalue weighted by Crippen LogP contribution is 2.21. The maximum Gasteiger partial charge on any atom is 0.312 e. The van der Waals surface area contributed by atoms with Crippen LogP contribution in [0.15, 0.2) is 28.7 Å². The molecule has 2 aromatic rings. The molecule has 7 nitrogen and oxygen atoms in total. The summed E-state index contributed by atoms with van der Waals surface area (Å²) in [6, 6.07) is 7.13. The average molecular weight is 353 g/mol. The zero-order valence-electron chi connectivity index (χ0n) is 11.5. The van der Waals surface area contributed by atoms with Crippen LogP contribution in [0, 0.1) is 24.0 Å².